The van der Waals surface area contributed by atoms with E-state index in [0.29, 0.717) is 5.69 Å². The van der Waals surface area contributed by atoms with E-state index in [0.717, 1.165) is 49.6 Å². The second kappa shape index (κ2) is 7.63. The zero-order valence-electron chi connectivity index (χ0n) is 13.7. The van der Waals surface area contributed by atoms with Crippen LogP contribution >= 0.6 is 11.3 Å². The van der Waals surface area contributed by atoms with Crippen LogP contribution in [-0.4, -0.2) is 59.9 Å². The van der Waals surface area contributed by atoms with Gasteiger partial charge in [0.1, 0.15) is 5.69 Å². The SMILES string of the molecule is COC(=O)c1cc(CN2CCCN(C(=O)c3cccs3)CC2)c[nH]1. The standard InChI is InChI=1S/C17H21N3O3S/c1-23-17(22)14-10-13(11-18-14)12-19-5-3-6-20(8-7-19)16(21)15-4-2-9-24-15/h2,4,9-11,18H,3,5-8,12H2,1H3. The van der Waals surface area contributed by atoms with Gasteiger partial charge in [-0.1, -0.05) is 6.07 Å². The molecule has 1 N–H and O–H groups in total. The summed E-state index contributed by atoms with van der Waals surface area (Å²) in [6, 6.07) is 5.61. The second-order valence-electron chi connectivity index (χ2n) is 5.81. The van der Waals surface area contributed by atoms with Gasteiger partial charge in [0.2, 0.25) is 0 Å². The molecule has 2 aromatic rings. The van der Waals surface area contributed by atoms with Crippen molar-refractivity contribution in [2.24, 2.45) is 0 Å². The highest BCUT2D eigenvalue weighted by molar-refractivity contribution is 7.12. The Balaban J connectivity index is 1.56. The van der Waals surface area contributed by atoms with E-state index in [2.05, 4.69) is 9.88 Å². The maximum atomic E-state index is 12.5. The summed E-state index contributed by atoms with van der Waals surface area (Å²) < 4.78 is 4.71. The van der Waals surface area contributed by atoms with Gasteiger partial charge in [-0.3, -0.25) is 9.69 Å². The van der Waals surface area contributed by atoms with E-state index in [1.165, 1.54) is 18.4 Å². The van der Waals surface area contributed by atoms with E-state index in [9.17, 15) is 9.59 Å². The fourth-order valence-electron chi connectivity index (χ4n) is 2.90. The van der Waals surface area contributed by atoms with Crippen molar-refractivity contribution in [1.82, 2.24) is 14.8 Å². The van der Waals surface area contributed by atoms with Gasteiger partial charge in [0.15, 0.2) is 0 Å². The summed E-state index contributed by atoms with van der Waals surface area (Å²) in [7, 11) is 1.37. The third-order valence-electron chi connectivity index (χ3n) is 4.16. The molecule has 0 aromatic carbocycles. The number of amides is 1. The predicted molar refractivity (Wildman–Crippen MR) is 92.2 cm³/mol. The van der Waals surface area contributed by atoms with E-state index >= 15 is 0 Å². The number of H-pyrrole nitrogens is 1. The number of carbonyl (C=O) groups excluding carboxylic acids is 2. The lowest BCUT2D eigenvalue weighted by Gasteiger charge is -2.21. The van der Waals surface area contributed by atoms with Crippen LogP contribution < -0.4 is 0 Å². The lowest BCUT2D eigenvalue weighted by Crippen LogP contribution is -2.34. The Hall–Kier alpha value is -2.12. The number of hydrogen-bond donors (Lipinski definition) is 1. The number of rotatable bonds is 4. The van der Waals surface area contributed by atoms with Crippen LogP contribution in [0.15, 0.2) is 29.8 Å². The average molecular weight is 347 g/mol. The molecule has 0 aliphatic carbocycles. The van der Waals surface area contributed by atoms with Gasteiger partial charge in [0.05, 0.1) is 12.0 Å². The first-order valence-corrected chi connectivity index (χ1v) is 8.86. The minimum atomic E-state index is -0.357. The molecule has 128 valence electrons. The highest BCUT2D eigenvalue weighted by Gasteiger charge is 2.21. The summed E-state index contributed by atoms with van der Waals surface area (Å²) in [4.78, 5) is 31.9. The van der Waals surface area contributed by atoms with Crippen LogP contribution in [0, 0.1) is 0 Å². The fourth-order valence-corrected chi connectivity index (χ4v) is 3.60. The van der Waals surface area contributed by atoms with Crippen molar-refractivity contribution < 1.29 is 14.3 Å². The molecule has 6 nitrogen and oxygen atoms in total. The van der Waals surface area contributed by atoms with Crippen LogP contribution in [-0.2, 0) is 11.3 Å². The number of methoxy groups -OCH3 is 1. The molecule has 1 fully saturated rings. The van der Waals surface area contributed by atoms with Gasteiger partial charge in [-0.05, 0) is 29.5 Å². The van der Waals surface area contributed by atoms with Crippen molar-refractivity contribution in [2.75, 3.05) is 33.3 Å². The molecule has 1 aliphatic rings. The van der Waals surface area contributed by atoms with Crippen molar-refractivity contribution in [3.63, 3.8) is 0 Å². The van der Waals surface area contributed by atoms with Gasteiger partial charge in [0, 0.05) is 38.9 Å². The quantitative estimate of drug-likeness (QED) is 0.861. The normalized spacial score (nSPS) is 16.0. The Morgan fingerprint density at radius 1 is 1.29 bits per heavy atom. The van der Waals surface area contributed by atoms with E-state index in [4.69, 9.17) is 4.74 Å². The lowest BCUT2D eigenvalue weighted by atomic mass is 10.2. The lowest BCUT2D eigenvalue weighted by molar-refractivity contribution is 0.0594. The Labute approximate surface area is 145 Å². The third kappa shape index (κ3) is 3.85. The van der Waals surface area contributed by atoms with Crippen LogP contribution in [0.25, 0.3) is 0 Å². The molecule has 0 spiro atoms. The minimum Gasteiger partial charge on any atom is -0.464 e. The van der Waals surface area contributed by atoms with E-state index < -0.39 is 0 Å². The molecule has 3 rings (SSSR count). The molecule has 0 saturated carbocycles. The molecular formula is C17H21N3O3S. The molecule has 1 saturated heterocycles. The molecule has 7 heteroatoms. The third-order valence-corrected chi connectivity index (χ3v) is 5.02. The zero-order chi connectivity index (χ0) is 16.9. The largest absolute Gasteiger partial charge is 0.464 e. The number of nitrogens with zero attached hydrogens (tertiary/aromatic N) is 2. The smallest absolute Gasteiger partial charge is 0.354 e. The fraction of sp³-hybridized carbons (Fsp3) is 0.412. The molecule has 0 atom stereocenters. The predicted octanol–water partition coefficient (Wildman–Crippen LogP) is 2.21. The van der Waals surface area contributed by atoms with Gasteiger partial charge in [0.25, 0.3) is 5.91 Å². The number of thiophene rings is 1. The molecule has 24 heavy (non-hydrogen) atoms. The Bertz CT molecular complexity index is 696. The van der Waals surface area contributed by atoms with Crippen LogP contribution in [0.3, 0.4) is 0 Å². The van der Waals surface area contributed by atoms with Crippen LogP contribution in [0.5, 0.6) is 0 Å². The molecule has 3 heterocycles. The Kier molecular flexibility index (Phi) is 5.32. The van der Waals surface area contributed by atoms with Crippen LogP contribution in [0.2, 0.25) is 0 Å². The first-order valence-electron chi connectivity index (χ1n) is 7.98. The summed E-state index contributed by atoms with van der Waals surface area (Å²) in [5.74, 6) is -0.230. The number of carbonyl (C=O) groups is 2. The molecular weight excluding hydrogens is 326 g/mol. The summed E-state index contributed by atoms with van der Waals surface area (Å²) in [6.07, 6.45) is 2.79. The maximum Gasteiger partial charge on any atom is 0.354 e. The highest BCUT2D eigenvalue weighted by Crippen LogP contribution is 2.15. The molecule has 1 aliphatic heterocycles. The Morgan fingerprint density at radius 2 is 2.17 bits per heavy atom. The maximum absolute atomic E-state index is 12.5. The van der Waals surface area contributed by atoms with Gasteiger partial charge in [-0.2, -0.15) is 0 Å². The van der Waals surface area contributed by atoms with Gasteiger partial charge in [-0.15, -0.1) is 11.3 Å². The van der Waals surface area contributed by atoms with Gasteiger partial charge >= 0.3 is 5.97 Å². The van der Waals surface area contributed by atoms with Crippen LogP contribution in [0.4, 0.5) is 0 Å². The van der Waals surface area contributed by atoms with E-state index in [1.807, 2.05) is 34.7 Å². The van der Waals surface area contributed by atoms with Gasteiger partial charge in [-0.25, -0.2) is 4.79 Å². The summed E-state index contributed by atoms with van der Waals surface area (Å²) in [5, 5.41) is 1.93. The topological polar surface area (TPSA) is 65.6 Å². The minimum absolute atomic E-state index is 0.126. The molecule has 0 bridgehead atoms. The first-order chi connectivity index (χ1) is 11.7. The molecule has 2 aromatic heterocycles. The van der Waals surface area contributed by atoms with E-state index in [1.54, 1.807) is 0 Å². The van der Waals surface area contributed by atoms with Crippen molar-refractivity contribution >= 4 is 23.2 Å². The summed E-state index contributed by atoms with van der Waals surface area (Å²) >= 11 is 1.49. The summed E-state index contributed by atoms with van der Waals surface area (Å²) in [6.45, 7) is 4.04. The first kappa shape index (κ1) is 16.7. The van der Waals surface area contributed by atoms with Crippen molar-refractivity contribution in [3.8, 4) is 0 Å². The zero-order valence-corrected chi connectivity index (χ0v) is 14.5. The highest BCUT2D eigenvalue weighted by atomic mass is 32.1. The van der Waals surface area contributed by atoms with Gasteiger partial charge < -0.3 is 14.6 Å². The summed E-state index contributed by atoms with van der Waals surface area (Å²) in [5.41, 5.74) is 1.52. The molecule has 0 radical (unpaired) electrons. The number of aromatic amines is 1. The second-order valence-corrected chi connectivity index (χ2v) is 6.76. The van der Waals surface area contributed by atoms with Crippen LogP contribution in [0.1, 0.15) is 32.1 Å². The van der Waals surface area contributed by atoms with Crippen molar-refractivity contribution in [3.05, 3.63) is 45.9 Å². The Morgan fingerprint density at radius 3 is 2.92 bits per heavy atom. The van der Waals surface area contributed by atoms with Crippen molar-refractivity contribution in [1.29, 1.82) is 0 Å². The molecule has 0 unspecified atom stereocenters. The average Bonchev–Trinajstić information content (AvgIpc) is 3.23. The van der Waals surface area contributed by atoms with Crippen molar-refractivity contribution in [2.45, 2.75) is 13.0 Å². The number of aromatic nitrogens is 1. The number of esters is 1. The number of hydrogen-bond acceptors (Lipinski definition) is 5. The molecule has 1 amide bonds. The number of nitrogens with one attached hydrogen (secondary N) is 1. The monoisotopic (exact) mass is 347 g/mol. The number of ether oxygens (including phenoxy) is 1. The van der Waals surface area contributed by atoms with E-state index in [-0.39, 0.29) is 11.9 Å².